The van der Waals surface area contributed by atoms with Crippen LogP contribution in [0.15, 0.2) is 24.3 Å². The van der Waals surface area contributed by atoms with E-state index in [1.165, 1.54) is 18.2 Å². The summed E-state index contributed by atoms with van der Waals surface area (Å²) in [6, 6.07) is 4.91. The number of aliphatic hydroxyl groups is 1. The molecule has 0 bridgehead atoms. The number of halogens is 3. The number of para-hydroxylation sites is 1. The molecule has 1 aliphatic carbocycles. The standard InChI is InChI=1S/C17H23F3N2O2/c1-11(21-14(8-9-23)12-6-7-12)10-16(24)22-15-5-3-2-4-13(15)17(18,19)20/h2-5,11-12,14,21,23H,6-10H2,1H3,(H,22,24). The summed E-state index contributed by atoms with van der Waals surface area (Å²) in [5, 5.41) is 14.7. The van der Waals surface area contributed by atoms with Gasteiger partial charge in [-0.3, -0.25) is 4.79 Å². The molecule has 1 saturated carbocycles. The van der Waals surface area contributed by atoms with Crippen LogP contribution < -0.4 is 10.6 Å². The van der Waals surface area contributed by atoms with Gasteiger partial charge in [0.05, 0.1) is 11.3 Å². The fourth-order valence-corrected chi connectivity index (χ4v) is 2.84. The third-order valence-electron chi connectivity index (χ3n) is 4.13. The number of carbonyl (C=O) groups excluding carboxylic acids is 1. The first kappa shape index (κ1) is 18.7. The van der Waals surface area contributed by atoms with E-state index in [4.69, 9.17) is 5.11 Å². The number of anilines is 1. The SMILES string of the molecule is CC(CC(=O)Nc1ccccc1C(F)(F)F)NC(CCO)C1CC1. The van der Waals surface area contributed by atoms with Crippen LogP contribution in [0.4, 0.5) is 18.9 Å². The highest BCUT2D eigenvalue weighted by Gasteiger charge is 2.34. The minimum Gasteiger partial charge on any atom is -0.396 e. The summed E-state index contributed by atoms with van der Waals surface area (Å²) in [6.45, 7) is 1.90. The second kappa shape index (κ2) is 7.98. The van der Waals surface area contributed by atoms with Gasteiger partial charge >= 0.3 is 6.18 Å². The zero-order valence-corrected chi connectivity index (χ0v) is 13.6. The van der Waals surface area contributed by atoms with Gasteiger partial charge in [-0.05, 0) is 44.2 Å². The Morgan fingerprint density at radius 1 is 1.33 bits per heavy atom. The summed E-state index contributed by atoms with van der Waals surface area (Å²) in [5.41, 5.74) is -1.08. The maximum absolute atomic E-state index is 12.9. The number of nitrogens with one attached hydrogen (secondary N) is 2. The first-order valence-electron chi connectivity index (χ1n) is 8.14. The molecule has 2 rings (SSSR count). The summed E-state index contributed by atoms with van der Waals surface area (Å²) in [4.78, 5) is 12.1. The van der Waals surface area contributed by atoms with E-state index in [-0.39, 0.29) is 30.8 Å². The third-order valence-corrected chi connectivity index (χ3v) is 4.13. The molecule has 3 N–H and O–H groups in total. The first-order chi connectivity index (χ1) is 11.3. The fourth-order valence-electron chi connectivity index (χ4n) is 2.84. The Morgan fingerprint density at radius 2 is 2.00 bits per heavy atom. The quantitative estimate of drug-likeness (QED) is 0.679. The molecule has 2 unspecified atom stereocenters. The van der Waals surface area contributed by atoms with Gasteiger partial charge in [0.2, 0.25) is 5.91 Å². The summed E-state index contributed by atoms with van der Waals surface area (Å²) in [5.74, 6) is 0.0545. The highest BCUT2D eigenvalue weighted by molar-refractivity contribution is 5.92. The largest absolute Gasteiger partial charge is 0.418 e. The average molecular weight is 344 g/mol. The second-order valence-corrected chi connectivity index (χ2v) is 6.32. The zero-order valence-electron chi connectivity index (χ0n) is 13.6. The zero-order chi connectivity index (χ0) is 17.7. The average Bonchev–Trinajstić information content (AvgIpc) is 3.30. The Kier molecular flexibility index (Phi) is 6.23. The minimum atomic E-state index is -4.51. The fraction of sp³-hybridized carbons (Fsp3) is 0.588. The van der Waals surface area contributed by atoms with Gasteiger partial charge in [0, 0.05) is 25.1 Å². The number of carbonyl (C=O) groups is 1. The lowest BCUT2D eigenvalue weighted by Crippen LogP contribution is -2.40. The molecule has 2 atom stereocenters. The second-order valence-electron chi connectivity index (χ2n) is 6.32. The van der Waals surface area contributed by atoms with Gasteiger partial charge in [0.25, 0.3) is 0 Å². The van der Waals surface area contributed by atoms with Gasteiger partial charge in [-0.15, -0.1) is 0 Å². The number of hydrogen-bond acceptors (Lipinski definition) is 3. The Bertz CT molecular complexity index is 559. The van der Waals surface area contributed by atoms with E-state index >= 15 is 0 Å². The number of amides is 1. The number of alkyl halides is 3. The highest BCUT2D eigenvalue weighted by Crippen LogP contribution is 2.35. The Hall–Kier alpha value is -1.60. The van der Waals surface area contributed by atoms with Crippen LogP contribution in [0.5, 0.6) is 0 Å². The third kappa shape index (κ3) is 5.49. The summed E-state index contributed by atoms with van der Waals surface area (Å²) < 4.78 is 38.8. The first-order valence-corrected chi connectivity index (χ1v) is 8.14. The van der Waals surface area contributed by atoms with Crippen LogP contribution in [0, 0.1) is 5.92 Å². The Balaban J connectivity index is 1.91. The van der Waals surface area contributed by atoms with Gasteiger partial charge in [-0.1, -0.05) is 12.1 Å². The van der Waals surface area contributed by atoms with Crippen molar-refractivity contribution in [2.24, 2.45) is 5.92 Å². The van der Waals surface area contributed by atoms with Crippen LogP contribution >= 0.6 is 0 Å². The molecule has 1 aliphatic rings. The van der Waals surface area contributed by atoms with Gasteiger partial charge in [-0.2, -0.15) is 13.2 Å². The van der Waals surface area contributed by atoms with Crippen molar-refractivity contribution in [2.75, 3.05) is 11.9 Å². The van der Waals surface area contributed by atoms with E-state index in [1.54, 1.807) is 0 Å². The van der Waals surface area contributed by atoms with Crippen molar-refractivity contribution in [1.82, 2.24) is 5.32 Å². The number of aliphatic hydroxyl groups excluding tert-OH is 1. The lowest BCUT2D eigenvalue weighted by Gasteiger charge is -2.22. The monoisotopic (exact) mass is 344 g/mol. The topological polar surface area (TPSA) is 61.4 Å². The molecule has 0 heterocycles. The maximum Gasteiger partial charge on any atom is 0.418 e. The van der Waals surface area contributed by atoms with Crippen LogP contribution in [0.2, 0.25) is 0 Å². The van der Waals surface area contributed by atoms with Crippen molar-refractivity contribution < 1.29 is 23.1 Å². The smallest absolute Gasteiger partial charge is 0.396 e. The molecule has 4 nitrogen and oxygen atoms in total. The Morgan fingerprint density at radius 3 is 2.58 bits per heavy atom. The molecule has 134 valence electrons. The summed E-state index contributed by atoms with van der Waals surface area (Å²) in [7, 11) is 0. The maximum atomic E-state index is 12.9. The van der Waals surface area contributed by atoms with Crippen molar-refractivity contribution in [1.29, 1.82) is 0 Å². The molecular formula is C17H23F3N2O2. The summed E-state index contributed by atoms with van der Waals surface area (Å²) in [6.07, 6.45) is -1.61. The predicted octanol–water partition coefficient (Wildman–Crippen LogP) is 3.17. The van der Waals surface area contributed by atoms with Gasteiger partial charge in [-0.25, -0.2) is 0 Å². The Labute approximate surface area is 139 Å². The predicted molar refractivity (Wildman–Crippen MR) is 85.5 cm³/mol. The molecule has 7 heteroatoms. The van der Waals surface area contributed by atoms with E-state index < -0.39 is 17.6 Å². The molecule has 0 spiro atoms. The number of rotatable bonds is 8. The van der Waals surface area contributed by atoms with Gasteiger partial charge in [0.15, 0.2) is 0 Å². The van der Waals surface area contributed by atoms with Crippen molar-refractivity contribution in [3.05, 3.63) is 29.8 Å². The lowest BCUT2D eigenvalue weighted by atomic mass is 10.1. The van der Waals surface area contributed by atoms with Gasteiger partial charge in [0.1, 0.15) is 0 Å². The normalized spacial score (nSPS) is 17.4. The number of benzene rings is 1. The van der Waals surface area contributed by atoms with Crippen molar-refractivity contribution in [3.63, 3.8) is 0 Å². The number of hydrogen-bond donors (Lipinski definition) is 3. The van der Waals surface area contributed by atoms with Crippen LogP contribution in [0.25, 0.3) is 0 Å². The lowest BCUT2D eigenvalue weighted by molar-refractivity contribution is -0.137. The molecule has 1 amide bonds. The van der Waals surface area contributed by atoms with E-state index in [1.807, 2.05) is 6.92 Å². The molecule has 24 heavy (non-hydrogen) atoms. The van der Waals surface area contributed by atoms with Crippen LogP contribution in [-0.4, -0.2) is 29.7 Å². The molecule has 1 aromatic carbocycles. The van der Waals surface area contributed by atoms with Crippen molar-refractivity contribution >= 4 is 11.6 Å². The van der Waals surface area contributed by atoms with E-state index in [2.05, 4.69) is 10.6 Å². The van der Waals surface area contributed by atoms with Crippen LogP contribution in [0.3, 0.4) is 0 Å². The minimum absolute atomic E-state index is 0.0703. The van der Waals surface area contributed by atoms with E-state index in [0.717, 1.165) is 18.9 Å². The van der Waals surface area contributed by atoms with Gasteiger partial charge < -0.3 is 15.7 Å². The molecule has 1 fully saturated rings. The molecule has 0 aromatic heterocycles. The van der Waals surface area contributed by atoms with Crippen LogP contribution in [-0.2, 0) is 11.0 Å². The summed E-state index contributed by atoms with van der Waals surface area (Å²) >= 11 is 0. The van der Waals surface area contributed by atoms with Crippen molar-refractivity contribution in [3.8, 4) is 0 Å². The highest BCUT2D eigenvalue weighted by atomic mass is 19.4. The van der Waals surface area contributed by atoms with Crippen LogP contribution in [0.1, 0.15) is 38.2 Å². The molecule has 0 radical (unpaired) electrons. The molecular weight excluding hydrogens is 321 g/mol. The van der Waals surface area contributed by atoms with Crippen molar-refractivity contribution in [2.45, 2.75) is 50.9 Å². The molecule has 1 aromatic rings. The van der Waals surface area contributed by atoms with E-state index in [0.29, 0.717) is 12.3 Å². The molecule has 0 aliphatic heterocycles. The molecule has 0 saturated heterocycles. The van der Waals surface area contributed by atoms with E-state index in [9.17, 15) is 18.0 Å².